The van der Waals surface area contributed by atoms with Gasteiger partial charge in [0.05, 0.1) is 28.5 Å². The third-order valence-electron chi connectivity index (χ3n) is 5.26. The first-order valence-electron chi connectivity index (χ1n) is 9.92. The first-order chi connectivity index (χ1) is 15.8. The van der Waals surface area contributed by atoms with E-state index in [1.165, 1.54) is 23.5 Å². The monoisotopic (exact) mass is 493 g/mol. The summed E-state index contributed by atoms with van der Waals surface area (Å²) in [6, 6.07) is 10.8. The Morgan fingerprint density at radius 3 is 2.58 bits per heavy atom. The molecule has 13 heteroatoms. The standard InChI is InChI=1S/C20H20ClN5O6S/c1-31-18-7-6-14(12-17(18)26(27)28)33(29,30)25-10-8-24(9-11-25)13-19-22-20(23-32-19)15-4-2-3-5-16(15)21/h2-7,12H,8-11,13H2,1H3. The van der Waals surface area contributed by atoms with Gasteiger partial charge in [-0.05, 0) is 24.3 Å². The smallest absolute Gasteiger partial charge is 0.312 e. The summed E-state index contributed by atoms with van der Waals surface area (Å²) in [6.45, 7) is 1.66. The van der Waals surface area contributed by atoms with Crippen LogP contribution in [0.2, 0.25) is 5.02 Å². The van der Waals surface area contributed by atoms with Gasteiger partial charge in [0.2, 0.25) is 21.7 Å². The minimum atomic E-state index is -3.90. The van der Waals surface area contributed by atoms with Crippen molar-refractivity contribution in [2.24, 2.45) is 0 Å². The molecule has 3 aromatic rings. The SMILES string of the molecule is COc1ccc(S(=O)(=O)N2CCN(Cc3nc(-c4ccccc4Cl)no3)CC2)cc1[N+](=O)[O-]. The summed E-state index contributed by atoms with van der Waals surface area (Å²) in [5.74, 6) is 0.782. The zero-order valence-electron chi connectivity index (χ0n) is 17.5. The van der Waals surface area contributed by atoms with Gasteiger partial charge in [-0.25, -0.2) is 8.42 Å². The zero-order valence-corrected chi connectivity index (χ0v) is 19.1. The second-order valence-electron chi connectivity index (χ2n) is 7.26. The van der Waals surface area contributed by atoms with Crippen LogP contribution in [0.4, 0.5) is 5.69 Å². The molecule has 0 N–H and O–H groups in total. The van der Waals surface area contributed by atoms with E-state index in [1.54, 1.807) is 12.1 Å². The Hall–Kier alpha value is -3.06. The van der Waals surface area contributed by atoms with Crippen LogP contribution in [-0.2, 0) is 16.6 Å². The number of hydrogen-bond donors (Lipinski definition) is 0. The van der Waals surface area contributed by atoms with Crippen LogP contribution in [0.1, 0.15) is 5.89 Å². The Morgan fingerprint density at radius 2 is 1.91 bits per heavy atom. The predicted octanol–water partition coefficient (Wildman–Crippen LogP) is 2.81. The number of nitrogens with zero attached hydrogens (tertiary/aromatic N) is 5. The molecule has 0 aliphatic carbocycles. The predicted molar refractivity (Wildman–Crippen MR) is 118 cm³/mol. The normalized spacial score (nSPS) is 15.5. The Morgan fingerprint density at radius 1 is 1.18 bits per heavy atom. The molecule has 4 rings (SSSR count). The zero-order chi connectivity index (χ0) is 23.6. The largest absolute Gasteiger partial charge is 0.490 e. The number of benzene rings is 2. The molecule has 0 atom stereocenters. The number of nitro benzene ring substituents is 1. The molecule has 1 fully saturated rings. The van der Waals surface area contributed by atoms with E-state index < -0.39 is 20.6 Å². The van der Waals surface area contributed by atoms with Gasteiger partial charge in [-0.3, -0.25) is 15.0 Å². The molecule has 1 aromatic heterocycles. The summed E-state index contributed by atoms with van der Waals surface area (Å²) in [5.41, 5.74) is 0.265. The highest BCUT2D eigenvalue weighted by atomic mass is 35.5. The molecule has 0 unspecified atom stereocenters. The first-order valence-corrected chi connectivity index (χ1v) is 11.7. The van der Waals surface area contributed by atoms with Gasteiger partial charge in [0.1, 0.15) is 0 Å². The topological polar surface area (TPSA) is 132 Å². The van der Waals surface area contributed by atoms with E-state index in [-0.39, 0.29) is 23.7 Å². The third kappa shape index (κ3) is 4.83. The molecule has 0 radical (unpaired) electrons. The number of aromatic nitrogens is 2. The molecule has 0 bridgehead atoms. The van der Waals surface area contributed by atoms with Gasteiger partial charge >= 0.3 is 5.69 Å². The summed E-state index contributed by atoms with van der Waals surface area (Å²) < 4.78 is 37.6. The number of methoxy groups -OCH3 is 1. The van der Waals surface area contributed by atoms with Gasteiger partial charge in [0, 0.05) is 37.8 Å². The highest BCUT2D eigenvalue weighted by Gasteiger charge is 2.31. The van der Waals surface area contributed by atoms with E-state index >= 15 is 0 Å². The fraction of sp³-hybridized carbons (Fsp3) is 0.300. The van der Waals surface area contributed by atoms with Crippen LogP contribution in [0.5, 0.6) is 5.75 Å². The van der Waals surface area contributed by atoms with Crippen molar-refractivity contribution in [1.82, 2.24) is 19.3 Å². The van der Waals surface area contributed by atoms with E-state index in [0.717, 1.165) is 6.07 Å². The Kier molecular flexibility index (Phi) is 6.61. The van der Waals surface area contributed by atoms with Crippen molar-refractivity contribution < 1.29 is 22.6 Å². The van der Waals surface area contributed by atoms with Gasteiger partial charge < -0.3 is 9.26 Å². The number of sulfonamides is 1. The molecule has 174 valence electrons. The lowest BCUT2D eigenvalue weighted by atomic mass is 10.2. The van der Waals surface area contributed by atoms with E-state index in [4.69, 9.17) is 20.9 Å². The van der Waals surface area contributed by atoms with Crippen molar-refractivity contribution in [3.63, 3.8) is 0 Å². The Labute approximate surface area is 194 Å². The van der Waals surface area contributed by atoms with Crippen LogP contribution in [0.3, 0.4) is 0 Å². The van der Waals surface area contributed by atoms with E-state index in [2.05, 4.69) is 10.1 Å². The molecular formula is C20H20ClN5O6S. The Balaban J connectivity index is 1.41. The summed E-state index contributed by atoms with van der Waals surface area (Å²) in [5, 5.41) is 15.7. The number of nitro groups is 1. The third-order valence-corrected chi connectivity index (χ3v) is 7.48. The van der Waals surface area contributed by atoms with E-state index in [0.29, 0.717) is 41.9 Å². The Bertz CT molecular complexity index is 1270. The van der Waals surface area contributed by atoms with Crippen LogP contribution >= 0.6 is 11.6 Å². The van der Waals surface area contributed by atoms with Crippen molar-refractivity contribution in [2.75, 3.05) is 33.3 Å². The maximum absolute atomic E-state index is 13.0. The molecular weight excluding hydrogens is 474 g/mol. The second kappa shape index (κ2) is 9.43. The molecule has 2 aromatic carbocycles. The maximum atomic E-state index is 13.0. The molecule has 1 aliphatic rings. The maximum Gasteiger partial charge on any atom is 0.312 e. The number of hydrogen-bond acceptors (Lipinski definition) is 9. The fourth-order valence-corrected chi connectivity index (χ4v) is 5.18. The molecule has 1 aliphatic heterocycles. The van der Waals surface area contributed by atoms with Crippen molar-refractivity contribution in [2.45, 2.75) is 11.4 Å². The van der Waals surface area contributed by atoms with Gasteiger partial charge in [0.25, 0.3) is 0 Å². The van der Waals surface area contributed by atoms with Crippen molar-refractivity contribution in [3.8, 4) is 17.1 Å². The van der Waals surface area contributed by atoms with E-state index in [1.807, 2.05) is 17.0 Å². The van der Waals surface area contributed by atoms with Crippen molar-refractivity contribution in [3.05, 3.63) is 63.5 Å². The molecule has 0 spiro atoms. The summed E-state index contributed by atoms with van der Waals surface area (Å²) in [7, 11) is -2.61. The van der Waals surface area contributed by atoms with Gasteiger partial charge in [-0.1, -0.05) is 28.9 Å². The summed E-state index contributed by atoms with van der Waals surface area (Å²) >= 11 is 6.17. The minimum Gasteiger partial charge on any atom is -0.490 e. The molecule has 11 nitrogen and oxygen atoms in total. The van der Waals surface area contributed by atoms with Gasteiger partial charge in [-0.2, -0.15) is 9.29 Å². The lowest BCUT2D eigenvalue weighted by Crippen LogP contribution is -2.48. The molecule has 1 saturated heterocycles. The summed E-state index contributed by atoms with van der Waals surface area (Å²) in [6.07, 6.45) is 0. The quantitative estimate of drug-likeness (QED) is 0.360. The minimum absolute atomic E-state index is 0.000476. The second-order valence-corrected chi connectivity index (χ2v) is 9.61. The van der Waals surface area contributed by atoms with Crippen molar-refractivity contribution >= 4 is 27.3 Å². The number of rotatable bonds is 7. The van der Waals surface area contributed by atoms with Crippen LogP contribution in [0.25, 0.3) is 11.4 Å². The number of halogens is 1. The summed E-state index contributed by atoms with van der Waals surface area (Å²) in [4.78, 5) is 16.8. The van der Waals surface area contributed by atoms with Gasteiger partial charge in [-0.15, -0.1) is 0 Å². The molecule has 0 amide bonds. The van der Waals surface area contributed by atoms with E-state index in [9.17, 15) is 18.5 Å². The highest BCUT2D eigenvalue weighted by molar-refractivity contribution is 7.89. The van der Waals surface area contributed by atoms with Crippen LogP contribution in [-0.4, -0.2) is 66.0 Å². The molecule has 2 heterocycles. The molecule has 33 heavy (non-hydrogen) atoms. The first kappa shape index (κ1) is 23.1. The van der Waals surface area contributed by atoms with Gasteiger partial charge in [0.15, 0.2) is 5.75 Å². The highest BCUT2D eigenvalue weighted by Crippen LogP contribution is 2.31. The average molecular weight is 494 g/mol. The average Bonchev–Trinajstić information content (AvgIpc) is 3.27. The number of piperazine rings is 1. The number of ether oxygens (including phenoxy) is 1. The molecule has 0 saturated carbocycles. The van der Waals surface area contributed by atoms with Crippen LogP contribution in [0.15, 0.2) is 51.9 Å². The van der Waals surface area contributed by atoms with Crippen LogP contribution < -0.4 is 4.74 Å². The fourth-order valence-electron chi connectivity index (χ4n) is 3.51. The lowest BCUT2D eigenvalue weighted by Gasteiger charge is -2.33. The van der Waals surface area contributed by atoms with Crippen molar-refractivity contribution in [1.29, 1.82) is 0 Å². The van der Waals surface area contributed by atoms with Crippen LogP contribution in [0, 0.1) is 10.1 Å². The lowest BCUT2D eigenvalue weighted by molar-refractivity contribution is -0.386.